The van der Waals surface area contributed by atoms with Gasteiger partial charge in [-0.2, -0.15) is 11.1 Å². The first kappa shape index (κ1) is 31.2. The second kappa shape index (κ2) is 17.2. The van der Waals surface area contributed by atoms with E-state index in [-0.39, 0.29) is 16.2 Å². The van der Waals surface area contributed by atoms with Gasteiger partial charge in [0.05, 0.1) is 0 Å². The van der Waals surface area contributed by atoms with Crippen molar-refractivity contribution in [3.05, 3.63) is 0 Å². The average Bonchev–Trinajstić information content (AvgIpc) is 2.57. The predicted octanol–water partition coefficient (Wildman–Crippen LogP) is 3.75. The van der Waals surface area contributed by atoms with E-state index in [4.69, 9.17) is 26.4 Å². The van der Waals surface area contributed by atoms with Crippen molar-refractivity contribution in [2.75, 3.05) is 19.8 Å². The van der Waals surface area contributed by atoms with E-state index in [1.807, 2.05) is 41.5 Å². The number of rotatable bonds is 6. The maximum absolute atomic E-state index is 8.59. The van der Waals surface area contributed by atoms with Gasteiger partial charge >= 0.3 is 0 Å². The van der Waals surface area contributed by atoms with Gasteiger partial charge in [0.25, 0.3) is 0 Å². The number of aliphatic hydroxyl groups excluding tert-OH is 3. The zero-order valence-corrected chi connectivity index (χ0v) is 20.2. The van der Waals surface area contributed by atoms with Gasteiger partial charge in [-0.05, 0) is 35.5 Å². The van der Waals surface area contributed by atoms with Crippen LogP contribution >= 0.6 is 11.1 Å². The smallest absolute Gasteiger partial charge is 0.109 e. The standard InChI is InChI=1S/3C6H14O.ClH3Si/c3*1-4-6(2,3)5-7;1-2/h3*7H,4-5H2,1-3H3;2H3. The molecule has 0 aliphatic rings. The first-order valence-corrected chi connectivity index (χ1v) is 11.6. The van der Waals surface area contributed by atoms with Crippen LogP contribution < -0.4 is 0 Å². The average molecular weight is 373 g/mol. The Morgan fingerprint density at radius 3 is 0.696 bits per heavy atom. The normalized spacial score (nSPS) is 11.3. The van der Waals surface area contributed by atoms with Crippen molar-refractivity contribution < 1.29 is 15.3 Å². The summed E-state index contributed by atoms with van der Waals surface area (Å²) in [5.74, 6) is 0. The summed E-state index contributed by atoms with van der Waals surface area (Å²) >= 11 is 4.78. The van der Waals surface area contributed by atoms with Crippen molar-refractivity contribution in [3.63, 3.8) is 0 Å². The molecule has 0 bridgehead atoms. The lowest BCUT2D eigenvalue weighted by atomic mass is 9.92. The second-order valence-electron chi connectivity index (χ2n) is 8.03. The van der Waals surface area contributed by atoms with E-state index in [0.717, 1.165) is 28.8 Å². The molecule has 0 amide bonds. The molecule has 3 nitrogen and oxygen atoms in total. The Kier molecular flexibility index (Phi) is 23.3. The molecule has 0 aromatic heterocycles. The molecule has 0 spiro atoms. The maximum Gasteiger partial charge on any atom is 0.109 e. The van der Waals surface area contributed by atoms with Crippen LogP contribution in [0.3, 0.4) is 0 Å². The Balaban J connectivity index is -0.000000111. The van der Waals surface area contributed by atoms with Crippen molar-refractivity contribution in [2.24, 2.45) is 16.2 Å². The maximum atomic E-state index is 8.59. The van der Waals surface area contributed by atoms with Crippen molar-refractivity contribution in [1.29, 1.82) is 0 Å². The van der Waals surface area contributed by atoms with Crippen LogP contribution in [0.15, 0.2) is 0 Å². The summed E-state index contributed by atoms with van der Waals surface area (Å²) < 4.78 is 0. The molecule has 0 atom stereocenters. The Labute approximate surface area is 154 Å². The van der Waals surface area contributed by atoms with E-state index >= 15 is 0 Å². The van der Waals surface area contributed by atoms with Crippen molar-refractivity contribution in [2.45, 2.75) is 81.6 Å². The molecule has 23 heavy (non-hydrogen) atoms. The fraction of sp³-hybridized carbons (Fsp3) is 1.00. The van der Waals surface area contributed by atoms with Gasteiger partial charge in [-0.15, -0.1) is 0 Å². The van der Waals surface area contributed by atoms with E-state index in [1.165, 1.54) is 0 Å². The highest BCUT2D eigenvalue weighted by molar-refractivity contribution is 6.80. The Morgan fingerprint density at radius 1 is 0.565 bits per heavy atom. The summed E-state index contributed by atoms with van der Waals surface area (Å²) in [6.07, 6.45) is 3.14. The number of halogens is 1. The zero-order chi connectivity index (χ0) is 19.7. The van der Waals surface area contributed by atoms with Crippen LogP contribution in [0.1, 0.15) is 81.6 Å². The molecule has 0 unspecified atom stereocenters. The van der Waals surface area contributed by atoms with Crippen LogP contribution in [0.4, 0.5) is 0 Å². The molecule has 146 valence electrons. The molecule has 0 saturated carbocycles. The lowest BCUT2D eigenvalue weighted by Gasteiger charge is -2.17. The summed E-state index contributed by atoms with van der Waals surface area (Å²) in [7, 11) is 0.778. The van der Waals surface area contributed by atoms with Crippen LogP contribution in [0, 0.1) is 16.2 Å². The van der Waals surface area contributed by atoms with E-state index < -0.39 is 0 Å². The predicted molar refractivity (Wildman–Crippen MR) is 109 cm³/mol. The fourth-order valence-electron chi connectivity index (χ4n) is 0.335. The highest BCUT2D eigenvalue weighted by atomic mass is 35.6. The first-order chi connectivity index (χ1) is 10.4. The lowest BCUT2D eigenvalue weighted by molar-refractivity contribution is 0.155. The van der Waals surface area contributed by atoms with Crippen molar-refractivity contribution in [3.8, 4) is 0 Å². The van der Waals surface area contributed by atoms with E-state index in [9.17, 15) is 0 Å². The third-order valence-corrected chi connectivity index (χ3v) is 4.16. The lowest BCUT2D eigenvalue weighted by Crippen LogP contribution is -2.14. The Bertz CT molecular complexity index is 176. The summed E-state index contributed by atoms with van der Waals surface area (Å²) in [6, 6.07) is 0. The van der Waals surface area contributed by atoms with Crippen LogP contribution in [0.5, 0.6) is 0 Å². The van der Waals surface area contributed by atoms with Gasteiger partial charge in [0.15, 0.2) is 0 Å². The molecular formula is C18H45ClO3Si. The number of hydrogen-bond donors (Lipinski definition) is 3. The monoisotopic (exact) mass is 372 g/mol. The molecule has 0 aliphatic heterocycles. The molecule has 5 heteroatoms. The molecule has 0 rings (SSSR count). The van der Waals surface area contributed by atoms with Crippen molar-refractivity contribution >= 4 is 20.6 Å². The third-order valence-electron chi connectivity index (χ3n) is 4.16. The van der Waals surface area contributed by atoms with Crippen molar-refractivity contribution in [1.82, 2.24) is 0 Å². The first-order valence-electron chi connectivity index (χ1n) is 8.57. The second-order valence-corrected chi connectivity index (χ2v) is 8.03. The Hall–Kier alpha value is 0.387. The molecule has 0 aromatic carbocycles. The summed E-state index contributed by atoms with van der Waals surface area (Å²) in [5, 5.41) is 25.8. The van der Waals surface area contributed by atoms with Gasteiger partial charge in [0, 0.05) is 19.8 Å². The summed E-state index contributed by atoms with van der Waals surface area (Å²) in [5.41, 5.74) is 0.417. The van der Waals surface area contributed by atoms with Gasteiger partial charge in [0.2, 0.25) is 0 Å². The quantitative estimate of drug-likeness (QED) is 0.491. The third kappa shape index (κ3) is 27.5. The van der Waals surface area contributed by atoms with E-state index in [2.05, 4.69) is 20.8 Å². The van der Waals surface area contributed by atoms with Crippen LogP contribution in [0.25, 0.3) is 0 Å². The molecule has 0 aliphatic carbocycles. The molecule has 0 fully saturated rings. The number of aliphatic hydroxyl groups is 3. The zero-order valence-electron chi connectivity index (χ0n) is 17.5. The largest absolute Gasteiger partial charge is 0.396 e. The summed E-state index contributed by atoms with van der Waals surface area (Å²) in [4.78, 5) is 0. The van der Waals surface area contributed by atoms with Gasteiger partial charge in [0.1, 0.15) is 9.55 Å². The molecule has 3 N–H and O–H groups in total. The highest BCUT2D eigenvalue weighted by Gasteiger charge is 2.12. The SMILES string of the molecule is CCC(C)(C)CO.CCC(C)(C)CO.CCC(C)(C)CO.[SiH3]Cl. The van der Waals surface area contributed by atoms with Crippen LogP contribution in [-0.4, -0.2) is 44.7 Å². The van der Waals surface area contributed by atoms with Gasteiger partial charge in [-0.3, -0.25) is 0 Å². The molecule has 0 radical (unpaired) electrons. The van der Waals surface area contributed by atoms with E-state index in [1.54, 1.807) is 0 Å². The molecular weight excluding hydrogens is 328 g/mol. The van der Waals surface area contributed by atoms with Gasteiger partial charge < -0.3 is 15.3 Å². The topological polar surface area (TPSA) is 60.7 Å². The van der Waals surface area contributed by atoms with Crippen LogP contribution in [-0.2, 0) is 0 Å². The molecule has 0 saturated heterocycles. The highest BCUT2D eigenvalue weighted by Crippen LogP contribution is 2.18. The van der Waals surface area contributed by atoms with E-state index in [0.29, 0.717) is 19.8 Å². The number of hydrogen-bond acceptors (Lipinski definition) is 3. The molecule has 0 heterocycles. The van der Waals surface area contributed by atoms with Gasteiger partial charge in [-0.1, -0.05) is 62.3 Å². The Morgan fingerprint density at radius 2 is 0.696 bits per heavy atom. The summed E-state index contributed by atoms with van der Waals surface area (Å²) in [6.45, 7) is 19.4. The minimum Gasteiger partial charge on any atom is -0.396 e. The minimum absolute atomic E-state index is 0.139. The van der Waals surface area contributed by atoms with Gasteiger partial charge in [-0.25, -0.2) is 0 Å². The van der Waals surface area contributed by atoms with Crippen LogP contribution in [0.2, 0.25) is 0 Å². The minimum atomic E-state index is 0.139. The fourth-order valence-corrected chi connectivity index (χ4v) is 0.335. The molecule has 0 aromatic rings.